The van der Waals surface area contributed by atoms with Crippen molar-refractivity contribution in [3.05, 3.63) is 64.9 Å². The van der Waals surface area contributed by atoms with Crippen molar-refractivity contribution in [1.82, 2.24) is 19.5 Å². The second-order valence-electron chi connectivity index (χ2n) is 9.92. The van der Waals surface area contributed by atoms with Gasteiger partial charge in [0, 0.05) is 19.4 Å². The van der Waals surface area contributed by atoms with Crippen LogP contribution in [0.2, 0.25) is 0 Å². The van der Waals surface area contributed by atoms with Gasteiger partial charge in [-0.2, -0.15) is 10.4 Å². The lowest BCUT2D eigenvalue weighted by atomic mass is 9.88. The third-order valence-corrected chi connectivity index (χ3v) is 7.92. The van der Waals surface area contributed by atoms with Crippen molar-refractivity contribution < 1.29 is 22.9 Å². The number of methoxy groups -OCH3 is 1. The van der Waals surface area contributed by atoms with Gasteiger partial charge in [0.05, 0.1) is 31.4 Å². The Kier molecular flexibility index (Phi) is 7.13. The number of carbonyl (C=O) groups excluding carboxylic acids is 1. The first kappa shape index (κ1) is 26.2. The van der Waals surface area contributed by atoms with Crippen molar-refractivity contribution in [2.75, 3.05) is 20.3 Å². The van der Waals surface area contributed by atoms with Gasteiger partial charge in [-0.1, -0.05) is 13.8 Å². The van der Waals surface area contributed by atoms with E-state index < -0.39 is 28.3 Å². The van der Waals surface area contributed by atoms with Crippen LogP contribution < -0.4 is 4.72 Å². The van der Waals surface area contributed by atoms with Crippen LogP contribution in [-0.2, 0) is 37.3 Å². The molecule has 3 heterocycles. The number of pyridine rings is 1. The second-order valence-corrected chi connectivity index (χ2v) is 11.1. The number of aromatic nitrogens is 3. The lowest BCUT2D eigenvalue weighted by Crippen LogP contribution is -2.49. The van der Waals surface area contributed by atoms with E-state index in [2.05, 4.69) is 14.8 Å². The summed E-state index contributed by atoms with van der Waals surface area (Å²) in [6, 6.07) is 9.89. The van der Waals surface area contributed by atoms with Gasteiger partial charge in [0.15, 0.2) is 21.6 Å². The number of halogens is 1. The van der Waals surface area contributed by atoms with Gasteiger partial charge in [-0.25, -0.2) is 13.6 Å². The third kappa shape index (κ3) is 4.99. The van der Waals surface area contributed by atoms with Gasteiger partial charge in [-0.15, -0.1) is 0 Å². The summed E-state index contributed by atoms with van der Waals surface area (Å²) in [5.74, 6) is -1.03. The molecule has 38 heavy (non-hydrogen) atoms. The van der Waals surface area contributed by atoms with E-state index >= 15 is 0 Å². The minimum Gasteiger partial charge on any atom is -0.374 e. The molecule has 1 aromatic carbocycles. The highest BCUT2D eigenvalue weighted by molar-refractivity contribution is 7.83. The molecule has 1 N–H and O–H groups in total. The Morgan fingerprint density at radius 1 is 1.34 bits per heavy atom. The van der Waals surface area contributed by atoms with Gasteiger partial charge < -0.3 is 9.47 Å². The third-order valence-electron chi connectivity index (χ3n) is 6.92. The first-order valence-corrected chi connectivity index (χ1v) is 13.5. The zero-order valence-electron chi connectivity index (χ0n) is 21.4. The molecule has 1 unspecified atom stereocenters. The maximum Gasteiger partial charge on any atom is 0.236 e. The Bertz CT molecular complexity index is 1450. The van der Waals surface area contributed by atoms with Crippen LogP contribution in [-0.4, -0.2) is 45.2 Å². The van der Waals surface area contributed by atoms with Crippen LogP contribution in [0.1, 0.15) is 61.2 Å². The monoisotopic (exact) mass is 537 g/mol. The van der Waals surface area contributed by atoms with Gasteiger partial charge in [0.2, 0.25) is 5.91 Å². The standard InChI is InChI=1S/C27H28FN5O4S/c1-16(2)21-9-18(28)10-22(17-6-7-30-19(8-17)13-29)23(21)11-25(34)32-38(35)26-12-24(27(36-3)14-37-15-27)33(31-26)20-4-5-20/h6-10,12,16,20H,4-5,11,14-15H2,1-3H3,(H,32,34). The molecule has 5 rings (SSSR count). The van der Waals surface area contributed by atoms with E-state index in [9.17, 15) is 18.7 Å². The average molecular weight is 538 g/mol. The molecule has 11 heteroatoms. The largest absolute Gasteiger partial charge is 0.374 e. The van der Waals surface area contributed by atoms with E-state index in [-0.39, 0.29) is 29.1 Å². The van der Waals surface area contributed by atoms with Gasteiger partial charge >= 0.3 is 0 Å². The van der Waals surface area contributed by atoms with E-state index in [4.69, 9.17) is 9.47 Å². The predicted octanol–water partition coefficient (Wildman–Crippen LogP) is 3.67. The lowest BCUT2D eigenvalue weighted by molar-refractivity contribution is -0.206. The first-order chi connectivity index (χ1) is 18.2. The Balaban J connectivity index is 1.43. The molecule has 1 saturated carbocycles. The van der Waals surface area contributed by atoms with E-state index in [0.717, 1.165) is 18.5 Å². The molecular weight excluding hydrogens is 509 g/mol. The van der Waals surface area contributed by atoms with Gasteiger partial charge in [0.1, 0.15) is 17.6 Å². The van der Waals surface area contributed by atoms with Crippen molar-refractivity contribution in [2.45, 2.75) is 55.7 Å². The van der Waals surface area contributed by atoms with Gasteiger partial charge in [-0.3, -0.25) is 14.2 Å². The number of nitriles is 1. The number of benzene rings is 1. The maximum atomic E-state index is 14.6. The van der Waals surface area contributed by atoms with Crippen LogP contribution in [0.3, 0.4) is 0 Å². The average Bonchev–Trinajstić information content (AvgIpc) is 3.62. The molecular formula is C27H28FN5O4S. The minimum atomic E-state index is -1.91. The summed E-state index contributed by atoms with van der Waals surface area (Å²) in [7, 11) is -0.302. The first-order valence-electron chi connectivity index (χ1n) is 12.4. The SMILES string of the molecule is COC1(c2cc(S(=O)NC(=O)Cc3c(-c4ccnc(C#N)c4)cc(F)cc3C(C)C)nn2C2CC2)COC1. The maximum absolute atomic E-state index is 14.6. The van der Waals surface area contributed by atoms with E-state index in [1.165, 1.54) is 18.3 Å². The van der Waals surface area contributed by atoms with E-state index in [1.54, 1.807) is 25.3 Å². The molecule has 2 fully saturated rings. The fraction of sp³-hybridized carbons (Fsp3) is 0.407. The molecule has 0 spiro atoms. The summed E-state index contributed by atoms with van der Waals surface area (Å²) in [6.45, 7) is 4.59. The van der Waals surface area contributed by atoms with Gasteiger partial charge in [-0.05, 0) is 65.3 Å². The Hall–Kier alpha value is -3.46. The fourth-order valence-corrected chi connectivity index (χ4v) is 5.46. The fourth-order valence-electron chi connectivity index (χ4n) is 4.70. The number of ether oxygens (including phenoxy) is 2. The molecule has 1 atom stereocenters. The normalized spacial score (nSPS) is 17.1. The van der Waals surface area contributed by atoms with E-state index in [1.807, 2.05) is 24.6 Å². The highest BCUT2D eigenvalue weighted by Crippen LogP contribution is 2.41. The zero-order valence-corrected chi connectivity index (χ0v) is 22.2. The van der Waals surface area contributed by atoms with Crippen molar-refractivity contribution in [1.29, 1.82) is 5.26 Å². The summed E-state index contributed by atoms with van der Waals surface area (Å²) in [5, 5.41) is 14.1. The molecule has 1 aliphatic carbocycles. The molecule has 2 aromatic heterocycles. The smallest absolute Gasteiger partial charge is 0.236 e. The number of hydrogen-bond donors (Lipinski definition) is 1. The zero-order chi connectivity index (χ0) is 27.0. The summed E-state index contributed by atoms with van der Waals surface area (Å²) >= 11 is 0. The summed E-state index contributed by atoms with van der Waals surface area (Å²) < 4.78 is 43.3. The number of carbonyl (C=O) groups is 1. The second kappa shape index (κ2) is 10.4. The molecule has 1 aliphatic heterocycles. The van der Waals surface area contributed by atoms with Crippen molar-refractivity contribution in [3.63, 3.8) is 0 Å². The molecule has 2 aliphatic rings. The van der Waals surface area contributed by atoms with Crippen molar-refractivity contribution in [2.24, 2.45) is 0 Å². The Labute approximate surface area is 222 Å². The van der Waals surface area contributed by atoms with Crippen LogP contribution >= 0.6 is 0 Å². The van der Waals surface area contributed by atoms with Gasteiger partial charge in [0.25, 0.3) is 0 Å². The Morgan fingerprint density at radius 2 is 2.11 bits per heavy atom. The molecule has 9 nitrogen and oxygen atoms in total. The summed E-state index contributed by atoms with van der Waals surface area (Å²) in [6.07, 6.45) is 3.29. The predicted molar refractivity (Wildman–Crippen MR) is 137 cm³/mol. The van der Waals surface area contributed by atoms with Crippen LogP contribution in [0, 0.1) is 17.1 Å². The number of amides is 1. The number of rotatable bonds is 9. The summed E-state index contributed by atoms with van der Waals surface area (Å²) in [4.78, 5) is 17.2. The number of hydrogen-bond acceptors (Lipinski definition) is 7. The minimum absolute atomic E-state index is 0.0817. The quantitative estimate of drug-likeness (QED) is 0.442. The number of nitrogens with zero attached hydrogens (tertiary/aromatic N) is 4. The number of nitrogens with one attached hydrogen (secondary N) is 1. The van der Waals surface area contributed by atoms with Crippen molar-refractivity contribution >= 4 is 16.9 Å². The van der Waals surface area contributed by atoms with Crippen molar-refractivity contribution in [3.8, 4) is 17.2 Å². The molecule has 0 radical (unpaired) electrons. The summed E-state index contributed by atoms with van der Waals surface area (Å²) in [5.41, 5.74) is 2.65. The molecule has 0 bridgehead atoms. The van der Waals surface area contributed by atoms with Crippen LogP contribution in [0.4, 0.5) is 4.39 Å². The highest BCUT2D eigenvalue weighted by atomic mass is 32.2. The molecule has 198 valence electrons. The molecule has 1 saturated heterocycles. The Morgan fingerprint density at radius 3 is 2.71 bits per heavy atom. The molecule has 1 amide bonds. The van der Waals surface area contributed by atoms with Crippen LogP contribution in [0.5, 0.6) is 0 Å². The highest BCUT2D eigenvalue weighted by Gasteiger charge is 2.46. The van der Waals surface area contributed by atoms with E-state index in [0.29, 0.717) is 35.5 Å². The van der Waals surface area contributed by atoms with Crippen LogP contribution in [0.25, 0.3) is 11.1 Å². The topological polar surface area (TPSA) is 119 Å². The molecule has 3 aromatic rings. The lowest BCUT2D eigenvalue weighted by Gasteiger charge is -2.40. The van der Waals surface area contributed by atoms with Crippen LogP contribution in [0.15, 0.2) is 41.6 Å².